The first kappa shape index (κ1) is 14.0. The van der Waals surface area contributed by atoms with Crippen LogP contribution in [-0.4, -0.2) is 30.6 Å². The van der Waals surface area contributed by atoms with Gasteiger partial charge in [-0.2, -0.15) is 0 Å². The number of halogens is 1. The highest BCUT2D eigenvalue weighted by molar-refractivity contribution is 5.19. The number of pyridine rings is 1. The van der Waals surface area contributed by atoms with E-state index < -0.39 is 11.9 Å². The third-order valence-electron chi connectivity index (χ3n) is 2.58. The van der Waals surface area contributed by atoms with Crippen LogP contribution in [0.4, 0.5) is 4.39 Å². The number of rotatable bonds is 6. The van der Waals surface area contributed by atoms with E-state index in [0.717, 1.165) is 6.20 Å². The SMILES string of the molecule is COC(CCC(O)c1cc(C)ncc1F)OC. The summed E-state index contributed by atoms with van der Waals surface area (Å²) in [7, 11) is 3.05. The predicted octanol–water partition coefficient (Wildman–Crippen LogP) is 1.96. The highest BCUT2D eigenvalue weighted by Crippen LogP contribution is 2.22. The Kier molecular flexibility index (Phi) is 5.47. The molecule has 0 radical (unpaired) electrons. The standard InChI is InChI=1S/C12H18FNO3/c1-8-6-9(10(13)7-14-8)11(15)4-5-12(16-2)17-3/h6-7,11-12,15H,4-5H2,1-3H3. The van der Waals surface area contributed by atoms with Gasteiger partial charge in [-0.3, -0.25) is 4.98 Å². The minimum atomic E-state index is -0.871. The molecule has 0 saturated carbocycles. The molecule has 0 bridgehead atoms. The lowest BCUT2D eigenvalue weighted by Crippen LogP contribution is -2.14. The average molecular weight is 243 g/mol. The molecule has 0 aliphatic rings. The van der Waals surface area contributed by atoms with Crippen molar-refractivity contribution in [2.75, 3.05) is 14.2 Å². The van der Waals surface area contributed by atoms with Crippen LogP contribution in [0.3, 0.4) is 0 Å². The Bertz CT molecular complexity index is 356. The Morgan fingerprint density at radius 1 is 1.35 bits per heavy atom. The zero-order valence-electron chi connectivity index (χ0n) is 10.3. The minimum absolute atomic E-state index is 0.267. The Morgan fingerprint density at radius 3 is 2.59 bits per heavy atom. The van der Waals surface area contributed by atoms with Crippen LogP contribution >= 0.6 is 0 Å². The largest absolute Gasteiger partial charge is 0.388 e. The van der Waals surface area contributed by atoms with Crippen molar-refractivity contribution in [1.29, 1.82) is 0 Å². The van der Waals surface area contributed by atoms with Crippen LogP contribution in [0.2, 0.25) is 0 Å². The predicted molar refractivity (Wildman–Crippen MR) is 60.9 cm³/mol. The third kappa shape index (κ3) is 4.03. The molecule has 0 aliphatic carbocycles. The van der Waals surface area contributed by atoms with Gasteiger partial charge in [-0.25, -0.2) is 4.39 Å². The van der Waals surface area contributed by atoms with Crippen LogP contribution in [0.15, 0.2) is 12.3 Å². The molecular weight excluding hydrogens is 225 g/mol. The van der Waals surface area contributed by atoms with E-state index in [2.05, 4.69) is 4.98 Å². The Labute approximate surface area is 100 Å². The van der Waals surface area contributed by atoms with Crippen molar-refractivity contribution in [2.24, 2.45) is 0 Å². The number of hydrogen-bond donors (Lipinski definition) is 1. The van der Waals surface area contributed by atoms with Crippen LogP contribution < -0.4 is 0 Å². The van der Waals surface area contributed by atoms with Crippen LogP contribution in [0.1, 0.15) is 30.2 Å². The van der Waals surface area contributed by atoms with E-state index in [9.17, 15) is 9.50 Å². The molecule has 1 rings (SSSR count). The Hall–Kier alpha value is -1.04. The van der Waals surface area contributed by atoms with Gasteiger partial charge in [-0.05, 0) is 19.4 Å². The molecule has 1 N–H and O–H groups in total. The second-order valence-electron chi connectivity index (χ2n) is 3.84. The van der Waals surface area contributed by atoms with E-state index in [0.29, 0.717) is 18.5 Å². The molecule has 0 aliphatic heterocycles. The normalized spacial score (nSPS) is 13.1. The molecule has 1 unspecified atom stereocenters. The van der Waals surface area contributed by atoms with E-state index in [1.54, 1.807) is 13.0 Å². The summed E-state index contributed by atoms with van der Waals surface area (Å²) < 4.78 is 23.4. The van der Waals surface area contributed by atoms with Crippen molar-refractivity contribution in [1.82, 2.24) is 4.98 Å². The minimum Gasteiger partial charge on any atom is -0.388 e. The highest BCUT2D eigenvalue weighted by Gasteiger charge is 2.16. The fourth-order valence-electron chi connectivity index (χ4n) is 1.60. The zero-order valence-corrected chi connectivity index (χ0v) is 10.3. The molecule has 5 heteroatoms. The molecule has 96 valence electrons. The van der Waals surface area contributed by atoms with Gasteiger partial charge in [-0.15, -0.1) is 0 Å². The fraction of sp³-hybridized carbons (Fsp3) is 0.583. The lowest BCUT2D eigenvalue weighted by atomic mass is 10.0. The summed E-state index contributed by atoms with van der Waals surface area (Å²) in [5.74, 6) is -0.491. The first-order valence-corrected chi connectivity index (χ1v) is 5.44. The van der Waals surface area contributed by atoms with Crippen molar-refractivity contribution >= 4 is 0 Å². The summed E-state index contributed by atoms with van der Waals surface area (Å²) in [6, 6.07) is 1.55. The second-order valence-corrected chi connectivity index (χ2v) is 3.84. The third-order valence-corrected chi connectivity index (χ3v) is 2.58. The van der Waals surface area contributed by atoms with Gasteiger partial charge in [-0.1, -0.05) is 0 Å². The molecule has 0 amide bonds. The summed E-state index contributed by atoms with van der Waals surface area (Å²) in [5, 5.41) is 9.89. The molecule has 1 aromatic heterocycles. The molecule has 0 saturated heterocycles. The maximum Gasteiger partial charge on any atom is 0.156 e. The lowest BCUT2D eigenvalue weighted by Gasteiger charge is -2.16. The molecular formula is C12H18FNO3. The summed E-state index contributed by atoms with van der Waals surface area (Å²) in [6.45, 7) is 1.75. The van der Waals surface area contributed by atoms with Crippen LogP contribution in [-0.2, 0) is 9.47 Å². The molecule has 1 heterocycles. The maximum absolute atomic E-state index is 13.4. The number of aryl methyl sites for hydroxylation is 1. The first-order chi connectivity index (χ1) is 8.08. The highest BCUT2D eigenvalue weighted by atomic mass is 19.1. The van der Waals surface area contributed by atoms with Gasteiger partial charge < -0.3 is 14.6 Å². The molecule has 4 nitrogen and oxygen atoms in total. The number of methoxy groups -OCH3 is 2. The summed E-state index contributed by atoms with van der Waals surface area (Å²) in [5.41, 5.74) is 0.943. The summed E-state index contributed by atoms with van der Waals surface area (Å²) in [6.07, 6.45) is 0.736. The van der Waals surface area contributed by atoms with Gasteiger partial charge in [0.2, 0.25) is 0 Å². The van der Waals surface area contributed by atoms with Gasteiger partial charge in [0, 0.05) is 31.9 Å². The zero-order chi connectivity index (χ0) is 12.8. The van der Waals surface area contributed by atoms with E-state index in [-0.39, 0.29) is 11.9 Å². The topological polar surface area (TPSA) is 51.6 Å². The van der Waals surface area contributed by atoms with Crippen LogP contribution in [0.25, 0.3) is 0 Å². The molecule has 1 aromatic rings. The molecule has 0 aromatic carbocycles. The van der Waals surface area contributed by atoms with Gasteiger partial charge in [0.15, 0.2) is 6.29 Å². The Morgan fingerprint density at radius 2 is 2.00 bits per heavy atom. The van der Waals surface area contributed by atoms with Gasteiger partial charge >= 0.3 is 0 Å². The number of aromatic nitrogens is 1. The Balaban J connectivity index is 2.63. The number of nitrogens with zero attached hydrogens (tertiary/aromatic N) is 1. The smallest absolute Gasteiger partial charge is 0.156 e. The van der Waals surface area contributed by atoms with Crippen LogP contribution in [0.5, 0.6) is 0 Å². The van der Waals surface area contributed by atoms with Gasteiger partial charge in [0.25, 0.3) is 0 Å². The van der Waals surface area contributed by atoms with Gasteiger partial charge in [0.05, 0.1) is 12.3 Å². The second kappa shape index (κ2) is 6.64. The quantitative estimate of drug-likeness (QED) is 0.776. The number of aliphatic hydroxyl groups is 1. The summed E-state index contributed by atoms with van der Waals surface area (Å²) in [4.78, 5) is 3.81. The monoisotopic (exact) mass is 243 g/mol. The van der Waals surface area contributed by atoms with Crippen molar-refractivity contribution in [3.8, 4) is 0 Å². The van der Waals surface area contributed by atoms with E-state index in [1.165, 1.54) is 14.2 Å². The van der Waals surface area contributed by atoms with Crippen molar-refractivity contribution < 1.29 is 19.0 Å². The van der Waals surface area contributed by atoms with E-state index in [4.69, 9.17) is 9.47 Å². The number of ether oxygens (including phenoxy) is 2. The first-order valence-electron chi connectivity index (χ1n) is 5.44. The fourth-order valence-corrected chi connectivity index (χ4v) is 1.60. The maximum atomic E-state index is 13.4. The van der Waals surface area contributed by atoms with E-state index >= 15 is 0 Å². The number of aliphatic hydroxyl groups excluding tert-OH is 1. The molecule has 0 spiro atoms. The molecule has 17 heavy (non-hydrogen) atoms. The van der Waals surface area contributed by atoms with Crippen molar-refractivity contribution in [3.63, 3.8) is 0 Å². The van der Waals surface area contributed by atoms with E-state index in [1.807, 2.05) is 0 Å². The molecule has 1 atom stereocenters. The number of hydrogen-bond acceptors (Lipinski definition) is 4. The van der Waals surface area contributed by atoms with Crippen LogP contribution in [0, 0.1) is 12.7 Å². The summed E-state index contributed by atoms with van der Waals surface area (Å²) >= 11 is 0. The lowest BCUT2D eigenvalue weighted by molar-refractivity contribution is -0.111. The average Bonchev–Trinajstić information content (AvgIpc) is 2.33. The van der Waals surface area contributed by atoms with Gasteiger partial charge in [0.1, 0.15) is 5.82 Å². The van der Waals surface area contributed by atoms with Crippen molar-refractivity contribution in [2.45, 2.75) is 32.2 Å². The van der Waals surface area contributed by atoms with Crippen molar-refractivity contribution in [3.05, 3.63) is 29.3 Å². The molecule has 0 fully saturated rings.